The fourth-order valence-electron chi connectivity index (χ4n) is 3.94. The third kappa shape index (κ3) is 6.51. The molecule has 1 saturated heterocycles. The zero-order chi connectivity index (χ0) is 25.5. The number of carbonyl (C=O) groups is 2. The first-order valence-electron chi connectivity index (χ1n) is 11.7. The minimum absolute atomic E-state index is 0.142. The van der Waals surface area contributed by atoms with E-state index in [4.69, 9.17) is 9.47 Å². The highest BCUT2D eigenvalue weighted by Gasteiger charge is 2.50. The quantitative estimate of drug-likeness (QED) is 0.259. The van der Waals surface area contributed by atoms with Gasteiger partial charge in [0.25, 0.3) is 5.91 Å². The summed E-state index contributed by atoms with van der Waals surface area (Å²) in [6.07, 6.45) is 3.57. The molecule has 2 heterocycles. The van der Waals surface area contributed by atoms with E-state index in [-0.39, 0.29) is 11.3 Å². The van der Waals surface area contributed by atoms with E-state index < -0.39 is 29.8 Å². The van der Waals surface area contributed by atoms with Gasteiger partial charge in [0.05, 0.1) is 31.4 Å². The van der Waals surface area contributed by atoms with Crippen LogP contribution in [-0.2, 0) is 22.4 Å². The highest BCUT2D eigenvalue weighted by atomic mass is 16.6. The summed E-state index contributed by atoms with van der Waals surface area (Å²) in [5, 5.41) is 17.2. The number of benzene rings is 2. The monoisotopic (exact) mass is 490 g/mol. The summed E-state index contributed by atoms with van der Waals surface area (Å²) < 4.78 is 10.6. The van der Waals surface area contributed by atoms with Crippen molar-refractivity contribution in [2.45, 2.75) is 43.7 Å². The second kappa shape index (κ2) is 11.4. The maximum absolute atomic E-state index is 13.2. The highest BCUT2D eigenvalue weighted by molar-refractivity contribution is 5.94. The zero-order valence-corrected chi connectivity index (χ0v) is 20.3. The second-order valence-corrected chi connectivity index (χ2v) is 9.00. The van der Waals surface area contributed by atoms with Crippen LogP contribution >= 0.6 is 0 Å². The fraction of sp³-hybridized carbons (Fsp3) is 0.333. The van der Waals surface area contributed by atoms with Crippen LogP contribution in [0.5, 0.6) is 5.75 Å². The van der Waals surface area contributed by atoms with E-state index in [2.05, 4.69) is 20.6 Å². The molecule has 2 aromatic carbocycles. The van der Waals surface area contributed by atoms with E-state index in [1.165, 1.54) is 18.7 Å². The minimum Gasteiger partial charge on any atom is -0.497 e. The molecule has 1 unspecified atom stereocenters. The Morgan fingerprint density at radius 2 is 1.69 bits per heavy atom. The number of aromatic nitrogens is 2. The predicted molar refractivity (Wildman–Crippen MR) is 132 cm³/mol. The van der Waals surface area contributed by atoms with Gasteiger partial charge in [0.15, 0.2) is 5.78 Å². The minimum atomic E-state index is -1.24. The molecule has 1 fully saturated rings. The van der Waals surface area contributed by atoms with Crippen molar-refractivity contribution in [2.75, 3.05) is 13.7 Å². The van der Waals surface area contributed by atoms with Crippen molar-refractivity contribution in [3.05, 3.63) is 90.0 Å². The number of epoxide rings is 1. The lowest BCUT2D eigenvalue weighted by Gasteiger charge is -2.29. The molecule has 1 amide bonds. The summed E-state index contributed by atoms with van der Waals surface area (Å²) in [4.78, 5) is 33.9. The van der Waals surface area contributed by atoms with Crippen molar-refractivity contribution in [1.29, 1.82) is 0 Å². The Morgan fingerprint density at radius 3 is 2.31 bits per heavy atom. The maximum Gasteiger partial charge on any atom is 0.254 e. The molecular formula is C27H30N4O5. The zero-order valence-electron chi connectivity index (χ0n) is 20.3. The number of hydrogen-bond donors (Lipinski definition) is 3. The number of rotatable bonds is 12. The van der Waals surface area contributed by atoms with Gasteiger partial charge in [-0.15, -0.1) is 0 Å². The Balaban J connectivity index is 1.55. The van der Waals surface area contributed by atoms with Crippen molar-refractivity contribution in [2.24, 2.45) is 0 Å². The van der Waals surface area contributed by atoms with E-state index in [9.17, 15) is 14.7 Å². The summed E-state index contributed by atoms with van der Waals surface area (Å²) in [6.45, 7) is 2.09. The highest BCUT2D eigenvalue weighted by Crippen LogP contribution is 2.29. The molecule has 9 nitrogen and oxygen atoms in total. The van der Waals surface area contributed by atoms with Crippen LogP contribution in [0, 0.1) is 0 Å². The molecule has 1 aromatic heterocycles. The normalized spacial score (nSPS) is 19.1. The van der Waals surface area contributed by atoms with Crippen LogP contribution in [0.2, 0.25) is 0 Å². The van der Waals surface area contributed by atoms with Gasteiger partial charge in [0.1, 0.15) is 23.9 Å². The number of hydrogen-bond acceptors (Lipinski definition) is 8. The fourth-order valence-corrected chi connectivity index (χ4v) is 3.94. The van der Waals surface area contributed by atoms with E-state index in [1.54, 1.807) is 14.0 Å². The number of aliphatic hydroxyl groups excluding tert-OH is 1. The average molecular weight is 491 g/mol. The number of Topliss-reactive ketones (excluding diaryl/α,β-unsaturated/α-hetero) is 1. The number of nitrogens with zero attached hydrogens (tertiary/aromatic N) is 2. The average Bonchev–Trinajstić information content (AvgIpc) is 3.67. The molecule has 3 aromatic rings. The van der Waals surface area contributed by atoms with Gasteiger partial charge in [-0.05, 0) is 43.0 Å². The van der Waals surface area contributed by atoms with Gasteiger partial charge < -0.3 is 19.9 Å². The molecule has 0 aliphatic carbocycles. The smallest absolute Gasteiger partial charge is 0.254 e. The molecule has 4 atom stereocenters. The first-order chi connectivity index (χ1) is 17.4. The van der Waals surface area contributed by atoms with E-state index in [1.807, 2.05) is 54.6 Å². The Labute approximate surface area is 209 Å². The molecule has 1 aliphatic heterocycles. The Hall–Kier alpha value is -3.66. The van der Waals surface area contributed by atoms with Crippen molar-refractivity contribution < 1.29 is 24.2 Å². The van der Waals surface area contributed by atoms with Crippen LogP contribution in [0.25, 0.3) is 0 Å². The molecule has 4 rings (SSSR count). The van der Waals surface area contributed by atoms with Gasteiger partial charge in [-0.2, -0.15) is 0 Å². The van der Waals surface area contributed by atoms with E-state index in [0.717, 1.165) is 11.1 Å². The molecule has 0 spiro atoms. The summed E-state index contributed by atoms with van der Waals surface area (Å²) >= 11 is 0. The summed E-state index contributed by atoms with van der Waals surface area (Å²) in [6, 6.07) is 15.4. The van der Waals surface area contributed by atoms with Gasteiger partial charge >= 0.3 is 0 Å². The van der Waals surface area contributed by atoms with Gasteiger partial charge in [0.2, 0.25) is 0 Å². The summed E-state index contributed by atoms with van der Waals surface area (Å²) in [5.41, 5.74) is 1.20. The molecule has 188 valence electrons. The van der Waals surface area contributed by atoms with Gasteiger partial charge in [-0.1, -0.05) is 42.5 Å². The summed E-state index contributed by atoms with van der Waals surface area (Å²) in [5.74, 6) is 0.125. The second-order valence-electron chi connectivity index (χ2n) is 9.00. The predicted octanol–water partition coefficient (Wildman–Crippen LogP) is 1.70. The van der Waals surface area contributed by atoms with E-state index >= 15 is 0 Å². The molecule has 1 aliphatic rings. The molecule has 36 heavy (non-hydrogen) atoms. The number of methoxy groups -OCH3 is 1. The third-order valence-corrected chi connectivity index (χ3v) is 6.20. The number of ketones is 1. The van der Waals surface area contributed by atoms with Crippen molar-refractivity contribution in [3.63, 3.8) is 0 Å². The Morgan fingerprint density at radius 1 is 1.06 bits per heavy atom. The van der Waals surface area contributed by atoms with Crippen LogP contribution < -0.4 is 15.4 Å². The Kier molecular flexibility index (Phi) is 8.04. The molecule has 0 bridgehead atoms. The van der Waals surface area contributed by atoms with Crippen LogP contribution in [0.15, 0.2) is 73.3 Å². The van der Waals surface area contributed by atoms with Gasteiger partial charge in [0, 0.05) is 12.4 Å². The van der Waals surface area contributed by atoms with Gasteiger partial charge in [-0.25, -0.2) is 9.97 Å². The lowest BCUT2D eigenvalue weighted by molar-refractivity contribution is -0.126. The number of nitrogens with one attached hydrogen (secondary N) is 2. The first kappa shape index (κ1) is 25.4. The van der Waals surface area contributed by atoms with Crippen LogP contribution in [0.1, 0.15) is 28.4 Å². The number of carbonyl (C=O) groups excluding carboxylic acids is 2. The van der Waals surface area contributed by atoms with E-state index in [0.29, 0.717) is 25.2 Å². The Bertz CT molecular complexity index is 1150. The largest absolute Gasteiger partial charge is 0.497 e. The van der Waals surface area contributed by atoms with Crippen molar-refractivity contribution in [3.8, 4) is 5.75 Å². The molecular weight excluding hydrogens is 460 g/mol. The lowest BCUT2D eigenvalue weighted by Crippen LogP contribution is -2.57. The van der Waals surface area contributed by atoms with Crippen molar-refractivity contribution >= 4 is 11.7 Å². The number of aliphatic hydroxyl groups is 1. The molecule has 3 N–H and O–H groups in total. The SMILES string of the molecule is COc1ccc(C[C@H](NC(=O)c2cncnc2)C(O)N[C@@H](Cc2ccccc2)C(=O)[C@@]2(C)CO2)cc1. The topological polar surface area (TPSA) is 126 Å². The molecule has 9 heteroatoms. The lowest BCUT2D eigenvalue weighted by atomic mass is 9.94. The molecule has 0 saturated carbocycles. The molecule has 0 radical (unpaired) electrons. The number of ether oxygens (including phenoxy) is 2. The van der Waals surface area contributed by atoms with Crippen molar-refractivity contribution in [1.82, 2.24) is 20.6 Å². The van der Waals surface area contributed by atoms with Crippen LogP contribution in [0.4, 0.5) is 0 Å². The van der Waals surface area contributed by atoms with Gasteiger partial charge in [-0.3, -0.25) is 14.9 Å². The first-order valence-corrected chi connectivity index (χ1v) is 11.7. The number of amides is 1. The third-order valence-electron chi connectivity index (χ3n) is 6.20. The van der Waals surface area contributed by atoms with Crippen LogP contribution in [-0.4, -0.2) is 64.4 Å². The van der Waals surface area contributed by atoms with Crippen LogP contribution in [0.3, 0.4) is 0 Å². The standard InChI is InChI=1S/C27H30N4O5/c1-27(16-36-27)24(32)22(12-18-6-4-3-5-7-18)30-26(34)23(13-19-8-10-21(35-2)11-9-19)31-25(33)20-14-28-17-29-15-20/h3-11,14-15,17,22-23,26,30,34H,12-13,16H2,1-2H3,(H,31,33)/t22-,23-,26?,27+/m0/s1. The summed E-state index contributed by atoms with van der Waals surface area (Å²) in [7, 11) is 1.58. The maximum atomic E-state index is 13.2.